The highest BCUT2D eigenvalue weighted by molar-refractivity contribution is 5.85. The van der Waals surface area contributed by atoms with Gasteiger partial charge in [-0.15, -0.1) is 12.4 Å². The van der Waals surface area contributed by atoms with E-state index in [1.165, 1.54) is 0 Å². The Morgan fingerprint density at radius 2 is 2.00 bits per heavy atom. The number of hydrogen-bond acceptors (Lipinski definition) is 3. The maximum atomic E-state index is 13.4. The number of esters is 1. The fourth-order valence-electron chi connectivity index (χ4n) is 1.51. The highest BCUT2D eigenvalue weighted by atomic mass is 35.5. The summed E-state index contributed by atoms with van der Waals surface area (Å²) in [5.41, 5.74) is 4.16. The molecule has 0 aliphatic rings. The number of halogens is 5. The van der Waals surface area contributed by atoms with E-state index in [1.54, 1.807) is 6.92 Å². The lowest BCUT2D eigenvalue weighted by atomic mass is 10.0. The zero-order valence-corrected chi connectivity index (χ0v) is 11.4. The van der Waals surface area contributed by atoms with E-state index in [1.807, 2.05) is 0 Å². The van der Waals surface area contributed by atoms with Crippen LogP contribution in [0.5, 0.6) is 0 Å². The van der Waals surface area contributed by atoms with Crippen LogP contribution in [-0.2, 0) is 15.7 Å². The molecule has 0 radical (unpaired) electrons. The van der Waals surface area contributed by atoms with Gasteiger partial charge in [0.25, 0.3) is 0 Å². The molecular formula is C12H14ClF4NO2. The fraction of sp³-hybridized carbons (Fsp3) is 0.417. The summed E-state index contributed by atoms with van der Waals surface area (Å²) in [6.07, 6.45) is -4.97. The molecule has 0 saturated heterocycles. The van der Waals surface area contributed by atoms with E-state index in [0.29, 0.717) is 18.2 Å². The first-order chi connectivity index (χ1) is 8.75. The molecule has 0 amide bonds. The minimum atomic E-state index is -4.59. The van der Waals surface area contributed by atoms with Gasteiger partial charge in [-0.2, -0.15) is 13.2 Å². The molecule has 0 aromatic heterocycles. The Morgan fingerprint density at radius 1 is 1.40 bits per heavy atom. The summed E-state index contributed by atoms with van der Waals surface area (Å²) in [7, 11) is 0. The Balaban J connectivity index is 0.00000361. The predicted octanol–water partition coefficient (Wildman–Crippen LogP) is 3.22. The van der Waals surface area contributed by atoms with Crippen molar-refractivity contribution in [2.45, 2.75) is 25.6 Å². The van der Waals surface area contributed by atoms with Gasteiger partial charge in [0.2, 0.25) is 0 Å². The van der Waals surface area contributed by atoms with Crippen LogP contribution in [0.1, 0.15) is 30.5 Å². The van der Waals surface area contributed by atoms with E-state index in [0.717, 1.165) is 0 Å². The third kappa shape index (κ3) is 4.97. The molecule has 20 heavy (non-hydrogen) atoms. The molecule has 0 saturated carbocycles. The Morgan fingerprint density at radius 3 is 2.50 bits per heavy atom. The molecule has 0 fully saturated rings. The maximum Gasteiger partial charge on any atom is 0.416 e. The fourth-order valence-corrected chi connectivity index (χ4v) is 1.51. The average molecular weight is 316 g/mol. The van der Waals surface area contributed by atoms with Crippen molar-refractivity contribution in [2.75, 3.05) is 6.61 Å². The van der Waals surface area contributed by atoms with E-state index in [9.17, 15) is 22.4 Å². The van der Waals surface area contributed by atoms with E-state index >= 15 is 0 Å². The number of rotatable bonds is 4. The second kappa shape index (κ2) is 7.44. The molecule has 0 aliphatic carbocycles. The van der Waals surface area contributed by atoms with Crippen molar-refractivity contribution in [3.63, 3.8) is 0 Å². The van der Waals surface area contributed by atoms with Crippen LogP contribution < -0.4 is 5.73 Å². The van der Waals surface area contributed by atoms with Gasteiger partial charge in [0.15, 0.2) is 0 Å². The Kier molecular flexibility index (Phi) is 6.95. The number of carbonyl (C=O) groups is 1. The standard InChI is InChI=1S/C12H13F4NO2.ClH/c1-2-19-11(18)6-10(17)8-5-7(12(14,15)16)3-4-9(8)13;/h3-5,10H,2,6,17H2,1H3;1H/t10-;/m1./s1. The van der Waals surface area contributed by atoms with Gasteiger partial charge in [0, 0.05) is 11.6 Å². The van der Waals surface area contributed by atoms with Gasteiger partial charge < -0.3 is 10.5 Å². The maximum absolute atomic E-state index is 13.4. The van der Waals surface area contributed by atoms with Gasteiger partial charge in [0.05, 0.1) is 18.6 Å². The van der Waals surface area contributed by atoms with E-state index < -0.39 is 29.6 Å². The third-order valence-corrected chi connectivity index (χ3v) is 2.41. The van der Waals surface area contributed by atoms with Crippen LogP contribution in [0.15, 0.2) is 18.2 Å². The van der Waals surface area contributed by atoms with Crippen molar-refractivity contribution < 1.29 is 27.1 Å². The monoisotopic (exact) mass is 315 g/mol. The molecule has 0 bridgehead atoms. The van der Waals surface area contributed by atoms with Crippen molar-refractivity contribution in [2.24, 2.45) is 5.73 Å². The molecule has 1 rings (SSSR count). The zero-order chi connectivity index (χ0) is 14.6. The highest BCUT2D eigenvalue weighted by Crippen LogP contribution is 2.32. The Bertz CT molecular complexity index is 465. The highest BCUT2D eigenvalue weighted by Gasteiger charge is 2.32. The zero-order valence-electron chi connectivity index (χ0n) is 10.5. The molecule has 1 atom stereocenters. The number of alkyl halides is 3. The summed E-state index contributed by atoms with van der Waals surface area (Å²) in [5, 5.41) is 0. The number of carbonyl (C=O) groups excluding carboxylic acids is 1. The molecule has 0 heterocycles. The first-order valence-electron chi connectivity index (χ1n) is 5.53. The van der Waals surface area contributed by atoms with Gasteiger partial charge in [-0.3, -0.25) is 4.79 Å². The van der Waals surface area contributed by atoms with Crippen molar-refractivity contribution in [3.05, 3.63) is 35.1 Å². The normalized spacial score (nSPS) is 12.5. The average Bonchev–Trinajstić information content (AvgIpc) is 2.27. The molecule has 0 aliphatic heterocycles. The molecule has 114 valence electrons. The van der Waals surface area contributed by atoms with Gasteiger partial charge >= 0.3 is 12.1 Å². The van der Waals surface area contributed by atoms with Gasteiger partial charge in [0.1, 0.15) is 5.82 Å². The Labute approximate surface area is 119 Å². The van der Waals surface area contributed by atoms with Gasteiger partial charge in [-0.25, -0.2) is 4.39 Å². The van der Waals surface area contributed by atoms with Crippen molar-refractivity contribution >= 4 is 18.4 Å². The minimum absolute atomic E-state index is 0. The van der Waals surface area contributed by atoms with Crippen LogP contribution in [0.3, 0.4) is 0 Å². The number of hydrogen-bond donors (Lipinski definition) is 1. The summed E-state index contributed by atoms with van der Waals surface area (Å²) < 4.78 is 55.5. The first-order valence-corrected chi connectivity index (χ1v) is 5.53. The molecule has 0 unspecified atom stereocenters. The third-order valence-electron chi connectivity index (χ3n) is 2.41. The lowest BCUT2D eigenvalue weighted by Crippen LogP contribution is -2.19. The van der Waals surface area contributed by atoms with Crippen molar-refractivity contribution in [3.8, 4) is 0 Å². The Hall–Kier alpha value is -1.34. The number of nitrogens with two attached hydrogens (primary N) is 1. The van der Waals surface area contributed by atoms with Gasteiger partial charge in [-0.1, -0.05) is 0 Å². The van der Waals surface area contributed by atoms with Crippen LogP contribution in [-0.4, -0.2) is 12.6 Å². The lowest BCUT2D eigenvalue weighted by Gasteiger charge is -2.14. The quantitative estimate of drug-likeness (QED) is 0.685. The van der Waals surface area contributed by atoms with Crippen LogP contribution in [0.4, 0.5) is 17.6 Å². The second-order valence-electron chi connectivity index (χ2n) is 3.85. The first kappa shape index (κ1) is 18.7. The SMILES string of the molecule is CCOC(=O)C[C@@H](N)c1cc(C(F)(F)F)ccc1F.Cl. The summed E-state index contributed by atoms with van der Waals surface area (Å²) in [4.78, 5) is 11.2. The van der Waals surface area contributed by atoms with E-state index in [-0.39, 0.29) is 31.0 Å². The van der Waals surface area contributed by atoms with Crippen LogP contribution in [0.2, 0.25) is 0 Å². The summed E-state index contributed by atoms with van der Waals surface area (Å²) in [5.74, 6) is -1.57. The van der Waals surface area contributed by atoms with E-state index in [2.05, 4.69) is 4.74 Å². The number of benzene rings is 1. The molecule has 1 aromatic rings. The van der Waals surface area contributed by atoms with Crippen LogP contribution >= 0.6 is 12.4 Å². The molecule has 3 nitrogen and oxygen atoms in total. The predicted molar refractivity (Wildman–Crippen MR) is 66.8 cm³/mol. The lowest BCUT2D eigenvalue weighted by molar-refractivity contribution is -0.143. The smallest absolute Gasteiger partial charge is 0.416 e. The summed E-state index contributed by atoms with van der Waals surface area (Å²) >= 11 is 0. The minimum Gasteiger partial charge on any atom is -0.466 e. The van der Waals surface area contributed by atoms with Crippen molar-refractivity contribution in [1.29, 1.82) is 0 Å². The van der Waals surface area contributed by atoms with Gasteiger partial charge in [-0.05, 0) is 25.1 Å². The molecule has 8 heteroatoms. The topological polar surface area (TPSA) is 52.3 Å². The molecule has 1 aromatic carbocycles. The van der Waals surface area contributed by atoms with Crippen LogP contribution in [0.25, 0.3) is 0 Å². The molecular weight excluding hydrogens is 302 g/mol. The largest absolute Gasteiger partial charge is 0.466 e. The molecule has 0 spiro atoms. The van der Waals surface area contributed by atoms with E-state index in [4.69, 9.17) is 5.73 Å². The van der Waals surface area contributed by atoms with Crippen LogP contribution in [0, 0.1) is 5.82 Å². The number of ether oxygens (including phenoxy) is 1. The summed E-state index contributed by atoms with van der Waals surface area (Å²) in [6, 6.07) is 0.736. The second-order valence-corrected chi connectivity index (χ2v) is 3.85. The molecule has 2 N–H and O–H groups in total. The van der Waals surface area contributed by atoms with Crippen molar-refractivity contribution in [1.82, 2.24) is 0 Å². The summed E-state index contributed by atoms with van der Waals surface area (Å²) in [6.45, 7) is 1.70.